The van der Waals surface area contributed by atoms with Crippen LogP contribution in [0.4, 0.5) is 0 Å². The maximum atomic E-state index is 12.5. The standard InChI is InChI=1S/C19H24N2O3/c22-18-8-15-16(20-9-13-6-7-13)11-24-12-17(15)21(19(18)23)10-14-4-2-1-3-5-14/h1-5,13,15-17,20H,6-12H2/t15-,16+,17-/m1/s1. The molecular weight excluding hydrogens is 304 g/mol. The van der Waals surface area contributed by atoms with Crippen LogP contribution in [0.2, 0.25) is 0 Å². The maximum absolute atomic E-state index is 12.5. The summed E-state index contributed by atoms with van der Waals surface area (Å²) in [7, 11) is 0. The van der Waals surface area contributed by atoms with Gasteiger partial charge < -0.3 is 15.0 Å². The van der Waals surface area contributed by atoms with Crippen LogP contribution in [0.15, 0.2) is 30.3 Å². The Hall–Kier alpha value is -1.72. The fraction of sp³-hybridized carbons (Fsp3) is 0.579. The highest BCUT2D eigenvalue weighted by Crippen LogP contribution is 2.32. The molecule has 1 aromatic rings. The fourth-order valence-electron chi connectivity index (χ4n) is 3.86. The van der Waals surface area contributed by atoms with Gasteiger partial charge in [-0.25, -0.2) is 0 Å². The van der Waals surface area contributed by atoms with Gasteiger partial charge in [0.2, 0.25) is 5.78 Å². The summed E-state index contributed by atoms with van der Waals surface area (Å²) in [6, 6.07) is 10.0. The summed E-state index contributed by atoms with van der Waals surface area (Å²) in [4.78, 5) is 26.5. The van der Waals surface area contributed by atoms with Gasteiger partial charge in [0.25, 0.3) is 5.91 Å². The molecule has 3 aliphatic rings. The number of hydrogen-bond acceptors (Lipinski definition) is 4. The van der Waals surface area contributed by atoms with Crippen molar-refractivity contribution in [1.29, 1.82) is 0 Å². The van der Waals surface area contributed by atoms with E-state index in [4.69, 9.17) is 4.74 Å². The lowest BCUT2D eigenvalue weighted by atomic mass is 9.81. The van der Waals surface area contributed by atoms with Gasteiger partial charge >= 0.3 is 0 Å². The first-order chi connectivity index (χ1) is 11.7. The number of Topliss-reactive ketones (excluding diaryl/α,β-unsaturated/α-hetero) is 1. The highest BCUT2D eigenvalue weighted by Gasteiger charge is 2.46. The number of amides is 1. The van der Waals surface area contributed by atoms with Crippen LogP contribution < -0.4 is 5.32 Å². The average Bonchev–Trinajstić information content (AvgIpc) is 3.42. The number of nitrogens with zero attached hydrogens (tertiary/aromatic N) is 1. The topological polar surface area (TPSA) is 58.6 Å². The van der Waals surface area contributed by atoms with Crippen molar-refractivity contribution in [3.63, 3.8) is 0 Å². The monoisotopic (exact) mass is 328 g/mol. The lowest BCUT2D eigenvalue weighted by Gasteiger charge is -2.46. The van der Waals surface area contributed by atoms with Gasteiger partial charge in [0.15, 0.2) is 0 Å². The van der Waals surface area contributed by atoms with E-state index in [2.05, 4.69) is 5.32 Å². The molecule has 2 aliphatic heterocycles. The zero-order chi connectivity index (χ0) is 16.5. The molecule has 4 rings (SSSR count). The van der Waals surface area contributed by atoms with Crippen molar-refractivity contribution in [2.45, 2.75) is 37.9 Å². The molecule has 24 heavy (non-hydrogen) atoms. The van der Waals surface area contributed by atoms with Crippen LogP contribution in [0.5, 0.6) is 0 Å². The van der Waals surface area contributed by atoms with Gasteiger partial charge in [0.05, 0.1) is 19.3 Å². The third kappa shape index (κ3) is 3.23. The van der Waals surface area contributed by atoms with Gasteiger partial charge in [-0.1, -0.05) is 30.3 Å². The van der Waals surface area contributed by atoms with Crippen molar-refractivity contribution in [3.05, 3.63) is 35.9 Å². The second-order valence-corrected chi connectivity index (χ2v) is 7.27. The maximum Gasteiger partial charge on any atom is 0.290 e. The molecule has 0 aromatic heterocycles. The molecule has 1 amide bonds. The number of carbonyl (C=O) groups is 2. The Morgan fingerprint density at radius 3 is 2.67 bits per heavy atom. The Kier molecular flexibility index (Phi) is 4.37. The molecule has 1 N–H and O–H groups in total. The van der Waals surface area contributed by atoms with Crippen LogP contribution in [0.1, 0.15) is 24.8 Å². The minimum Gasteiger partial charge on any atom is -0.378 e. The second-order valence-electron chi connectivity index (χ2n) is 7.27. The second kappa shape index (κ2) is 6.65. The summed E-state index contributed by atoms with van der Waals surface area (Å²) in [6.45, 7) is 2.63. The lowest BCUT2D eigenvalue weighted by molar-refractivity contribution is -0.159. The number of fused-ring (bicyclic) bond motifs is 1. The van der Waals surface area contributed by atoms with Gasteiger partial charge in [-0.15, -0.1) is 0 Å². The SMILES string of the molecule is O=C1C[C@@H]2[C@@H](NCC3CC3)COC[C@H]2N(Cc2ccccc2)C1=O. The highest BCUT2D eigenvalue weighted by atomic mass is 16.5. The Morgan fingerprint density at radius 1 is 1.12 bits per heavy atom. The molecule has 5 heteroatoms. The zero-order valence-corrected chi connectivity index (χ0v) is 13.8. The van der Waals surface area contributed by atoms with Crippen molar-refractivity contribution in [2.75, 3.05) is 19.8 Å². The molecule has 128 valence electrons. The number of nitrogens with one attached hydrogen (secondary N) is 1. The predicted molar refractivity (Wildman–Crippen MR) is 89.2 cm³/mol. The quantitative estimate of drug-likeness (QED) is 0.830. The number of piperidine rings is 1. The first-order valence-electron chi connectivity index (χ1n) is 8.91. The highest BCUT2D eigenvalue weighted by molar-refractivity contribution is 6.36. The van der Waals surface area contributed by atoms with E-state index in [9.17, 15) is 9.59 Å². The summed E-state index contributed by atoms with van der Waals surface area (Å²) in [5, 5.41) is 3.59. The molecule has 1 aromatic carbocycles. The first-order valence-corrected chi connectivity index (χ1v) is 8.91. The van der Waals surface area contributed by atoms with Gasteiger partial charge in [-0.3, -0.25) is 9.59 Å². The van der Waals surface area contributed by atoms with E-state index in [0.717, 1.165) is 18.0 Å². The number of carbonyl (C=O) groups excluding carboxylic acids is 2. The normalized spacial score (nSPS) is 30.3. The minimum absolute atomic E-state index is 0.0131. The predicted octanol–water partition coefficient (Wildman–Crippen LogP) is 1.37. The smallest absolute Gasteiger partial charge is 0.290 e. The number of likely N-dealkylation sites (tertiary alicyclic amines) is 1. The van der Waals surface area contributed by atoms with Gasteiger partial charge in [-0.05, 0) is 30.9 Å². The third-order valence-electron chi connectivity index (χ3n) is 5.48. The molecule has 5 nitrogen and oxygen atoms in total. The summed E-state index contributed by atoms with van der Waals surface area (Å²) in [5.41, 5.74) is 1.05. The van der Waals surface area contributed by atoms with E-state index in [1.54, 1.807) is 4.90 Å². The molecule has 3 fully saturated rings. The van der Waals surface area contributed by atoms with Crippen LogP contribution >= 0.6 is 0 Å². The Labute approximate surface area is 142 Å². The molecule has 1 aliphatic carbocycles. The van der Waals surface area contributed by atoms with Crippen molar-refractivity contribution in [1.82, 2.24) is 10.2 Å². The zero-order valence-electron chi connectivity index (χ0n) is 13.8. The van der Waals surface area contributed by atoms with Crippen molar-refractivity contribution in [2.24, 2.45) is 11.8 Å². The third-order valence-corrected chi connectivity index (χ3v) is 5.48. The molecule has 0 spiro atoms. The van der Waals surface area contributed by atoms with Gasteiger partial charge in [-0.2, -0.15) is 0 Å². The number of ether oxygens (including phenoxy) is 1. The van der Waals surface area contributed by atoms with E-state index >= 15 is 0 Å². The largest absolute Gasteiger partial charge is 0.378 e. The van der Waals surface area contributed by atoms with E-state index in [0.29, 0.717) is 26.2 Å². The van der Waals surface area contributed by atoms with E-state index in [1.807, 2.05) is 30.3 Å². The molecule has 0 unspecified atom stereocenters. The molecule has 2 heterocycles. The summed E-state index contributed by atoms with van der Waals surface area (Å²) >= 11 is 0. The van der Waals surface area contributed by atoms with Crippen LogP contribution in [-0.4, -0.2) is 48.4 Å². The molecule has 1 saturated carbocycles. The first kappa shape index (κ1) is 15.8. The van der Waals surface area contributed by atoms with Gasteiger partial charge in [0.1, 0.15) is 0 Å². The van der Waals surface area contributed by atoms with Crippen molar-refractivity contribution in [3.8, 4) is 0 Å². The Morgan fingerprint density at radius 2 is 1.92 bits per heavy atom. The molecule has 0 bridgehead atoms. The minimum atomic E-state index is -0.355. The Bertz CT molecular complexity index is 614. The summed E-state index contributed by atoms with van der Waals surface area (Å²) < 4.78 is 5.79. The van der Waals surface area contributed by atoms with E-state index in [-0.39, 0.29) is 29.7 Å². The Balaban J connectivity index is 1.51. The van der Waals surface area contributed by atoms with Crippen LogP contribution in [0, 0.1) is 11.8 Å². The summed E-state index contributed by atoms with van der Waals surface area (Å²) in [6.07, 6.45) is 2.94. The average molecular weight is 328 g/mol. The molecular formula is C19H24N2O3. The lowest BCUT2D eigenvalue weighted by Crippen LogP contribution is -2.62. The molecule has 2 saturated heterocycles. The number of rotatable bonds is 5. The van der Waals surface area contributed by atoms with Gasteiger partial charge in [0, 0.05) is 24.9 Å². The van der Waals surface area contributed by atoms with Crippen LogP contribution in [0.3, 0.4) is 0 Å². The summed E-state index contributed by atoms with van der Waals surface area (Å²) in [5.74, 6) is 0.331. The van der Waals surface area contributed by atoms with Crippen LogP contribution in [0.25, 0.3) is 0 Å². The molecule has 0 radical (unpaired) electrons. The number of hydrogen-bond donors (Lipinski definition) is 1. The number of ketones is 1. The van der Waals surface area contributed by atoms with E-state index < -0.39 is 0 Å². The van der Waals surface area contributed by atoms with Crippen molar-refractivity contribution >= 4 is 11.7 Å². The fourth-order valence-corrected chi connectivity index (χ4v) is 3.86. The van der Waals surface area contributed by atoms with E-state index in [1.165, 1.54) is 12.8 Å². The van der Waals surface area contributed by atoms with Crippen LogP contribution in [-0.2, 0) is 20.9 Å². The molecule has 3 atom stereocenters. The van der Waals surface area contributed by atoms with Crippen molar-refractivity contribution < 1.29 is 14.3 Å². The number of benzene rings is 1.